The van der Waals surface area contributed by atoms with Gasteiger partial charge in [-0.3, -0.25) is 28.3 Å². The fourth-order valence-corrected chi connectivity index (χ4v) is 13.3. The molecule has 105 heavy (non-hydrogen) atoms. The largest absolute Gasteiger partial charge is 1.00 e. The van der Waals surface area contributed by atoms with E-state index >= 15 is 0 Å². The van der Waals surface area contributed by atoms with Gasteiger partial charge in [0.25, 0.3) is 15.6 Å². The number of phosphoric ester groups is 2. The summed E-state index contributed by atoms with van der Waals surface area (Å²) >= 11 is 12.2. The molecule has 0 aromatic heterocycles. The molecule has 2 aromatic rings. The predicted octanol–water partition coefficient (Wildman–Crippen LogP) is 12.4. The number of benzene rings is 2. The molecule has 1 aliphatic heterocycles. The number of unbranched alkanes of at least 4 members (excludes halogenated alkanes) is 32. The zero-order chi connectivity index (χ0) is 76.4. The summed E-state index contributed by atoms with van der Waals surface area (Å²) in [6.07, 6.45) is 34.2. The molecular formula is C75H122Cl2Na2O24P2. The molecular weight excluding hydrogens is 1460 g/mol. The molecule has 0 aliphatic carbocycles. The molecule has 3 N–H and O–H groups in total. The summed E-state index contributed by atoms with van der Waals surface area (Å²) in [5.74, 6) is -4.98. The van der Waals surface area contributed by atoms with E-state index in [-0.39, 0.29) is 140 Å². The van der Waals surface area contributed by atoms with Gasteiger partial charge in [0.1, 0.15) is 41.2 Å². The first-order chi connectivity index (χ1) is 49.3. The van der Waals surface area contributed by atoms with Gasteiger partial charge in [-0.05, 0) is 52.0 Å². The van der Waals surface area contributed by atoms with Crippen LogP contribution in [0.25, 0.3) is 0 Å². The van der Waals surface area contributed by atoms with Gasteiger partial charge >= 0.3 is 94.9 Å². The minimum absolute atomic E-state index is 0. The summed E-state index contributed by atoms with van der Waals surface area (Å²) in [5, 5.41) is 30.5. The number of aromatic hydroxyl groups is 2. The van der Waals surface area contributed by atoms with Crippen molar-refractivity contribution in [3.63, 3.8) is 0 Å². The fourth-order valence-electron chi connectivity index (χ4n) is 11.3. The van der Waals surface area contributed by atoms with Crippen LogP contribution in [-0.4, -0.2) is 116 Å². The average molecular weight is 1590 g/mol. The van der Waals surface area contributed by atoms with Gasteiger partial charge < -0.3 is 76.4 Å². The van der Waals surface area contributed by atoms with Gasteiger partial charge in [0.05, 0.1) is 38.6 Å². The molecule has 24 nitrogen and oxygen atoms in total. The number of phosphoric acid groups is 2. The summed E-state index contributed by atoms with van der Waals surface area (Å²) in [5.41, 5.74) is 0.264. The number of aliphatic hydroxyl groups is 1. The maximum Gasteiger partial charge on any atom is 1.00 e. The Bertz CT molecular complexity index is 2800. The molecule has 30 heteroatoms. The quantitative estimate of drug-likeness (QED) is 0.0138. The summed E-state index contributed by atoms with van der Waals surface area (Å²) in [6, 6.07) is 0. The third-order valence-electron chi connectivity index (χ3n) is 17.5. The molecule has 0 fully saturated rings. The molecule has 0 amide bonds. The second-order valence-corrected chi connectivity index (χ2v) is 30.1. The molecule has 1 aliphatic rings. The summed E-state index contributed by atoms with van der Waals surface area (Å²) in [7, 11) is -9.23. The van der Waals surface area contributed by atoms with Gasteiger partial charge in [0.15, 0.2) is 35.2 Å². The normalized spacial score (nSPS) is 13.6. The molecule has 4 unspecified atom stereocenters. The van der Waals surface area contributed by atoms with Crippen molar-refractivity contribution in [2.75, 3.05) is 46.8 Å². The summed E-state index contributed by atoms with van der Waals surface area (Å²) in [6.45, 7) is 8.79. The van der Waals surface area contributed by atoms with Gasteiger partial charge in [-0.2, -0.15) is 0 Å². The maximum atomic E-state index is 12.8. The zero-order valence-corrected chi connectivity index (χ0v) is 72.1. The topological polar surface area (TPSA) is 345 Å². The number of rotatable bonds is 59. The monoisotopic (exact) mass is 1580 g/mol. The van der Waals surface area contributed by atoms with Gasteiger partial charge in [0.2, 0.25) is 0 Å². The minimum atomic E-state index is -5.20. The first-order valence-electron chi connectivity index (χ1n) is 37.9. The zero-order valence-electron chi connectivity index (χ0n) is 64.8. The van der Waals surface area contributed by atoms with Crippen LogP contribution in [0.4, 0.5) is 0 Å². The van der Waals surface area contributed by atoms with Crippen molar-refractivity contribution in [2.24, 2.45) is 0 Å². The van der Waals surface area contributed by atoms with E-state index in [4.69, 9.17) is 74.5 Å². The van der Waals surface area contributed by atoms with Gasteiger partial charge in [-0.15, -0.1) is 0 Å². The van der Waals surface area contributed by atoms with Crippen LogP contribution in [0, 0.1) is 20.8 Å². The van der Waals surface area contributed by atoms with E-state index in [1.165, 1.54) is 131 Å². The Kier molecular flexibility index (Phi) is 59.6. The van der Waals surface area contributed by atoms with E-state index in [1.54, 1.807) is 0 Å². The second kappa shape index (κ2) is 61.1. The second-order valence-electron chi connectivity index (χ2n) is 26.6. The molecule has 0 spiro atoms. The van der Waals surface area contributed by atoms with Crippen molar-refractivity contribution in [3.05, 3.63) is 37.9 Å². The maximum absolute atomic E-state index is 12.8. The van der Waals surface area contributed by atoms with Gasteiger partial charge in [-0.25, -0.2) is 9.59 Å². The van der Waals surface area contributed by atoms with Crippen molar-refractivity contribution in [2.45, 2.75) is 324 Å². The number of halogens is 2. The van der Waals surface area contributed by atoms with E-state index < -0.39 is 121 Å². The van der Waals surface area contributed by atoms with Crippen molar-refractivity contribution in [1.82, 2.24) is 0 Å². The van der Waals surface area contributed by atoms with Crippen molar-refractivity contribution < 1.29 is 173 Å². The average Bonchev–Trinajstić information content (AvgIpc) is 1.64. The van der Waals surface area contributed by atoms with Crippen LogP contribution in [0.2, 0.25) is 10.0 Å². The van der Waals surface area contributed by atoms with Crippen molar-refractivity contribution in [1.29, 1.82) is 0 Å². The molecule has 0 bridgehead atoms. The SMILES string of the molecule is CCCCCCCCCCCC(=O)OCC(COP(=O)([O-])OCC(O)COP(=O)([O-])OCC(COC(=O)CCCCCCCCCCC)OC(=O)CCCCCCCCCCC)OC(=O)CCCCCCCCCCC.COC(=O)c1c(C)c2c(c(C)c1O)OC(=O)c1c(C)c(Cl)c(O)c(Cl)c1O2.[Na+].[Na+]. The Balaban J connectivity index is 0.00000308. The van der Waals surface area contributed by atoms with Crippen LogP contribution in [0.15, 0.2) is 0 Å². The van der Waals surface area contributed by atoms with E-state index in [0.717, 1.165) is 103 Å². The fraction of sp³-hybridized carbons (Fsp3) is 0.760. The third-order valence-corrected chi connectivity index (χ3v) is 20.1. The Morgan fingerprint density at radius 1 is 0.419 bits per heavy atom. The Hall–Kier alpha value is -2.58. The molecule has 0 saturated heterocycles. The number of fused-ring (bicyclic) bond motifs is 2. The van der Waals surface area contributed by atoms with E-state index in [9.17, 15) is 63.0 Å². The number of methoxy groups -OCH3 is 1. The number of ether oxygens (including phenoxy) is 7. The number of carbonyl (C=O) groups excluding carboxylic acids is 6. The molecule has 2 aromatic carbocycles. The molecule has 1 heterocycles. The van der Waals surface area contributed by atoms with Gasteiger partial charge in [0, 0.05) is 36.8 Å². The molecule has 3 rings (SSSR count). The summed E-state index contributed by atoms with van der Waals surface area (Å²) in [4.78, 5) is 101. The van der Waals surface area contributed by atoms with Crippen LogP contribution >= 0.6 is 38.8 Å². The van der Waals surface area contributed by atoms with Crippen molar-refractivity contribution in [3.8, 4) is 28.7 Å². The molecule has 4 atom stereocenters. The minimum Gasteiger partial charge on any atom is -0.756 e. The van der Waals surface area contributed by atoms with Gasteiger partial charge in [-0.1, -0.05) is 256 Å². The Morgan fingerprint density at radius 2 is 0.724 bits per heavy atom. The third kappa shape index (κ3) is 44.9. The number of aliphatic hydroxyl groups excluding tert-OH is 1. The van der Waals surface area contributed by atoms with Crippen LogP contribution in [0.1, 0.15) is 322 Å². The number of phenols is 2. The summed E-state index contributed by atoms with van der Waals surface area (Å²) < 4.78 is 82.6. The Morgan fingerprint density at radius 3 is 1.06 bits per heavy atom. The first kappa shape index (κ1) is 102. The van der Waals surface area contributed by atoms with Crippen LogP contribution < -0.4 is 78.4 Å². The standard InChI is InChI=1S/C57H110O17P2.C18H14Cl2O7.2Na/c1-5-9-13-17-21-25-29-33-37-41-54(59)67-47-52(73-56(61)43-39-35-31-27-23-19-15-11-7-3)49-71-75(63,64)69-45-51(58)46-70-76(65,66)72-50-53(74-57(62)44-40-36-32-28-24-20-16-12-8-4)48-68-55(60)42-38-34-30-26-22-18-14-10-6-2;1-5-9-16(11(20)13(22)10(5)19)26-14-6(2)8(17(23)25-4)12(21)7(3)15(14)27-18(9)24;;/h51-53,58H,5-50H2,1-4H3,(H,63,64)(H,65,66);21-22H,1-4H3;;/q;;2*+1/p-2. The van der Waals surface area contributed by atoms with Crippen LogP contribution in [-0.2, 0) is 70.1 Å². The molecule has 0 radical (unpaired) electrons. The van der Waals surface area contributed by atoms with E-state index in [1.807, 2.05) is 0 Å². The predicted molar refractivity (Wildman–Crippen MR) is 391 cm³/mol. The Labute approximate surface area is 679 Å². The smallest absolute Gasteiger partial charge is 0.756 e. The van der Waals surface area contributed by atoms with Crippen LogP contribution in [0.3, 0.4) is 0 Å². The molecule has 592 valence electrons. The molecule has 0 saturated carbocycles. The van der Waals surface area contributed by atoms with Crippen LogP contribution in [0.5, 0.6) is 28.7 Å². The van der Waals surface area contributed by atoms with Crippen molar-refractivity contribution >= 4 is 74.7 Å². The number of esters is 6. The number of carbonyl (C=O) groups is 6. The van der Waals surface area contributed by atoms with E-state index in [0.29, 0.717) is 25.7 Å². The number of phenolic OH excluding ortho intramolecular Hbond substituents is 2. The number of hydrogen-bond donors (Lipinski definition) is 3. The number of hydrogen-bond acceptors (Lipinski definition) is 24. The first-order valence-corrected chi connectivity index (χ1v) is 41.6. The van der Waals surface area contributed by atoms with E-state index in [2.05, 4.69) is 27.7 Å².